The number of phenolic OH excluding ortho intramolecular Hbond substituents is 1. The number of hydrogen-bond acceptors (Lipinski definition) is 5. The molecule has 0 atom stereocenters. The van der Waals surface area contributed by atoms with E-state index in [1.54, 1.807) is 12.3 Å². The lowest BCUT2D eigenvalue weighted by molar-refractivity contribution is -0.118. The first-order valence-electron chi connectivity index (χ1n) is 7.30. The van der Waals surface area contributed by atoms with Crippen LogP contribution in [0.5, 0.6) is 5.75 Å². The average molecular weight is 337 g/mol. The van der Waals surface area contributed by atoms with Gasteiger partial charge in [-0.05, 0) is 29.0 Å². The Kier molecular flexibility index (Phi) is 5.08. The molecule has 120 valence electrons. The van der Waals surface area contributed by atoms with Crippen molar-refractivity contribution in [3.63, 3.8) is 0 Å². The van der Waals surface area contributed by atoms with Crippen LogP contribution in [0.4, 0.5) is 0 Å². The summed E-state index contributed by atoms with van der Waals surface area (Å²) >= 11 is 1.33. The number of benzene rings is 2. The van der Waals surface area contributed by atoms with Gasteiger partial charge in [-0.15, -0.1) is 0 Å². The maximum Gasteiger partial charge on any atom is 0.250 e. The summed E-state index contributed by atoms with van der Waals surface area (Å²) in [5, 5.41) is 16.6. The highest BCUT2D eigenvalue weighted by Crippen LogP contribution is 2.25. The third-order valence-electron chi connectivity index (χ3n) is 3.32. The molecule has 1 heterocycles. The van der Waals surface area contributed by atoms with E-state index in [1.165, 1.54) is 18.0 Å². The second-order valence-electron chi connectivity index (χ2n) is 4.97. The first kappa shape index (κ1) is 16.0. The van der Waals surface area contributed by atoms with Crippen molar-refractivity contribution in [2.75, 3.05) is 5.75 Å². The van der Waals surface area contributed by atoms with E-state index in [9.17, 15) is 9.90 Å². The number of carbonyl (C=O) groups excluding carboxylic acids is 1. The summed E-state index contributed by atoms with van der Waals surface area (Å²) in [4.78, 5) is 16.0. The van der Waals surface area contributed by atoms with Crippen molar-refractivity contribution < 1.29 is 9.90 Å². The van der Waals surface area contributed by atoms with Crippen molar-refractivity contribution in [2.24, 2.45) is 5.10 Å². The number of aromatic nitrogens is 1. The molecule has 3 aromatic rings. The van der Waals surface area contributed by atoms with Gasteiger partial charge in [0, 0.05) is 11.8 Å². The number of pyridine rings is 1. The summed E-state index contributed by atoms with van der Waals surface area (Å²) in [5.74, 6) is 0.103. The lowest BCUT2D eigenvalue weighted by atomic mass is 10.0. The quantitative estimate of drug-likeness (QED) is 0.426. The Morgan fingerprint density at radius 2 is 2.00 bits per heavy atom. The van der Waals surface area contributed by atoms with E-state index in [-0.39, 0.29) is 17.4 Å². The van der Waals surface area contributed by atoms with Crippen LogP contribution in [-0.2, 0) is 4.79 Å². The highest BCUT2D eigenvalue weighted by Gasteiger charge is 2.05. The molecule has 0 saturated heterocycles. The Balaban J connectivity index is 1.64. The number of nitrogens with one attached hydrogen (secondary N) is 1. The molecule has 3 rings (SSSR count). The van der Waals surface area contributed by atoms with Crippen LogP contribution in [0.3, 0.4) is 0 Å². The van der Waals surface area contributed by atoms with Gasteiger partial charge in [-0.1, -0.05) is 48.2 Å². The highest BCUT2D eigenvalue weighted by molar-refractivity contribution is 7.99. The molecule has 0 aliphatic heterocycles. The van der Waals surface area contributed by atoms with Crippen LogP contribution in [0.15, 0.2) is 70.9 Å². The summed E-state index contributed by atoms with van der Waals surface area (Å²) in [7, 11) is 0. The zero-order chi connectivity index (χ0) is 16.8. The van der Waals surface area contributed by atoms with Gasteiger partial charge < -0.3 is 5.11 Å². The van der Waals surface area contributed by atoms with E-state index in [1.807, 2.05) is 48.5 Å². The summed E-state index contributed by atoms with van der Waals surface area (Å²) in [6, 6.07) is 16.7. The Morgan fingerprint density at radius 3 is 2.83 bits per heavy atom. The maximum absolute atomic E-state index is 11.8. The van der Waals surface area contributed by atoms with Gasteiger partial charge in [-0.2, -0.15) is 5.10 Å². The molecule has 0 unspecified atom stereocenters. The molecule has 1 amide bonds. The normalized spacial score (nSPS) is 11.0. The monoisotopic (exact) mass is 337 g/mol. The first-order valence-corrected chi connectivity index (χ1v) is 8.29. The Labute approximate surface area is 143 Å². The second-order valence-corrected chi connectivity index (χ2v) is 5.96. The van der Waals surface area contributed by atoms with Gasteiger partial charge >= 0.3 is 0 Å². The average Bonchev–Trinajstić information content (AvgIpc) is 2.63. The van der Waals surface area contributed by atoms with Crippen LogP contribution in [0.25, 0.3) is 10.8 Å². The molecule has 5 nitrogen and oxygen atoms in total. The fraction of sp³-hybridized carbons (Fsp3) is 0.0556. The molecule has 1 aromatic heterocycles. The van der Waals surface area contributed by atoms with E-state index in [4.69, 9.17) is 0 Å². The predicted molar refractivity (Wildman–Crippen MR) is 96.3 cm³/mol. The zero-order valence-electron chi connectivity index (χ0n) is 12.7. The number of aromatic hydroxyl groups is 1. The molecule has 0 aliphatic rings. The fourth-order valence-electron chi connectivity index (χ4n) is 2.19. The molecule has 6 heteroatoms. The summed E-state index contributed by atoms with van der Waals surface area (Å²) in [5.41, 5.74) is 3.04. The van der Waals surface area contributed by atoms with Crippen LogP contribution >= 0.6 is 11.8 Å². The minimum absolute atomic E-state index is 0.120. The summed E-state index contributed by atoms with van der Waals surface area (Å²) in [6.45, 7) is 0. The molecule has 0 saturated carbocycles. The zero-order valence-corrected chi connectivity index (χ0v) is 13.5. The van der Waals surface area contributed by atoms with Crippen molar-refractivity contribution in [2.45, 2.75) is 5.03 Å². The number of hydrogen-bond donors (Lipinski definition) is 2. The molecular weight excluding hydrogens is 322 g/mol. The first-order chi connectivity index (χ1) is 11.7. The minimum atomic E-state index is -0.235. The largest absolute Gasteiger partial charge is 0.507 e. The molecule has 0 bridgehead atoms. The number of amides is 1. The van der Waals surface area contributed by atoms with Crippen LogP contribution in [-0.4, -0.2) is 28.0 Å². The molecule has 0 radical (unpaired) electrons. The van der Waals surface area contributed by atoms with Gasteiger partial charge in [0.1, 0.15) is 5.75 Å². The standard InChI is InChI=1S/C18H15N3O2S/c22-16-9-8-13-5-1-2-6-14(13)15(16)11-20-21-17(23)12-24-18-7-3-4-10-19-18/h1-11,22H,12H2,(H,21,23)/b20-11+. The lowest BCUT2D eigenvalue weighted by Crippen LogP contribution is -2.19. The molecule has 2 N–H and O–H groups in total. The molecule has 2 aromatic carbocycles. The second kappa shape index (κ2) is 7.61. The van der Waals surface area contributed by atoms with Crippen LogP contribution in [0, 0.1) is 0 Å². The third-order valence-corrected chi connectivity index (χ3v) is 4.26. The Hall–Kier alpha value is -2.86. The van der Waals surface area contributed by atoms with Crippen LogP contribution < -0.4 is 5.43 Å². The van der Waals surface area contributed by atoms with Gasteiger partial charge in [-0.25, -0.2) is 10.4 Å². The highest BCUT2D eigenvalue weighted by atomic mass is 32.2. The van der Waals surface area contributed by atoms with Crippen molar-refractivity contribution >= 4 is 34.7 Å². The van der Waals surface area contributed by atoms with Crippen molar-refractivity contribution in [3.8, 4) is 5.75 Å². The van der Waals surface area contributed by atoms with E-state index in [2.05, 4.69) is 15.5 Å². The van der Waals surface area contributed by atoms with Gasteiger partial charge in [0.15, 0.2) is 0 Å². The van der Waals surface area contributed by atoms with Crippen molar-refractivity contribution in [1.82, 2.24) is 10.4 Å². The Bertz CT molecular complexity index is 882. The minimum Gasteiger partial charge on any atom is -0.507 e. The number of thioether (sulfide) groups is 1. The Morgan fingerprint density at radius 1 is 1.17 bits per heavy atom. The number of nitrogens with zero attached hydrogens (tertiary/aromatic N) is 2. The van der Waals surface area contributed by atoms with E-state index in [0.29, 0.717) is 5.56 Å². The number of fused-ring (bicyclic) bond motifs is 1. The molecule has 0 aliphatic carbocycles. The third kappa shape index (κ3) is 3.91. The smallest absolute Gasteiger partial charge is 0.250 e. The summed E-state index contributed by atoms with van der Waals surface area (Å²) < 4.78 is 0. The van der Waals surface area contributed by atoms with Gasteiger partial charge in [0.05, 0.1) is 17.0 Å². The summed E-state index contributed by atoms with van der Waals surface area (Å²) in [6.07, 6.45) is 3.14. The van der Waals surface area contributed by atoms with Crippen LogP contribution in [0.2, 0.25) is 0 Å². The van der Waals surface area contributed by atoms with Gasteiger partial charge in [0.2, 0.25) is 5.91 Å². The number of phenols is 1. The van der Waals surface area contributed by atoms with Crippen molar-refractivity contribution in [1.29, 1.82) is 0 Å². The number of rotatable bonds is 5. The lowest BCUT2D eigenvalue weighted by Gasteiger charge is -2.04. The number of carbonyl (C=O) groups is 1. The molecule has 0 spiro atoms. The van der Waals surface area contributed by atoms with E-state index < -0.39 is 0 Å². The van der Waals surface area contributed by atoms with E-state index in [0.717, 1.165) is 15.8 Å². The maximum atomic E-state index is 11.8. The van der Waals surface area contributed by atoms with E-state index >= 15 is 0 Å². The van der Waals surface area contributed by atoms with Crippen LogP contribution in [0.1, 0.15) is 5.56 Å². The fourth-order valence-corrected chi connectivity index (χ4v) is 2.85. The molecular formula is C18H15N3O2S. The predicted octanol–water partition coefficient (Wildman–Crippen LogP) is 3.18. The molecule has 24 heavy (non-hydrogen) atoms. The van der Waals surface area contributed by atoms with Crippen molar-refractivity contribution in [3.05, 3.63) is 66.4 Å². The molecule has 0 fully saturated rings. The topological polar surface area (TPSA) is 74.6 Å². The number of hydrazone groups is 1. The SMILES string of the molecule is O=C(CSc1ccccn1)N/N=C/c1c(O)ccc2ccccc12. The van der Waals surface area contributed by atoms with Gasteiger partial charge in [0.25, 0.3) is 0 Å². The van der Waals surface area contributed by atoms with Gasteiger partial charge in [-0.3, -0.25) is 4.79 Å².